The zero-order chi connectivity index (χ0) is 13.0. The van der Waals surface area contributed by atoms with Crippen molar-refractivity contribution in [1.29, 1.82) is 0 Å². The maximum atomic E-state index is 6.06. The molecule has 0 amide bonds. The van der Waals surface area contributed by atoms with E-state index in [0.29, 0.717) is 5.15 Å². The van der Waals surface area contributed by atoms with Crippen molar-refractivity contribution in [2.24, 2.45) is 0 Å². The van der Waals surface area contributed by atoms with Gasteiger partial charge in [-0.25, -0.2) is 9.97 Å². The van der Waals surface area contributed by atoms with Crippen LogP contribution in [0.4, 0.5) is 5.82 Å². The monoisotopic (exact) mass is 262 g/mol. The predicted molar refractivity (Wildman–Crippen MR) is 72.7 cm³/mol. The number of nitrogens with zero attached hydrogens (tertiary/aromatic N) is 3. The number of hydrogen-bond acceptors (Lipinski definition) is 4. The Bertz CT molecular complexity index is 516. The topological polar surface area (TPSA) is 50.7 Å². The van der Waals surface area contributed by atoms with Gasteiger partial charge in [0.05, 0.1) is 6.04 Å². The Morgan fingerprint density at radius 3 is 2.67 bits per heavy atom. The molecule has 94 valence electrons. The third kappa shape index (κ3) is 2.76. The van der Waals surface area contributed by atoms with Gasteiger partial charge in [0.25, 0.3) is 0 Å². The fourth-order valence-electron chi connectivity index (χ4n) is 1.77. The second-order valence-electron chi connectivity index (χ2n) is 3.99. The molecule has 2 rings (SSSR count). The van der Waals surface area contributed by atoms with E-state index in [1.807, 2.05) is 19.1 Å². The minimum Gasteiger partial charge on any atom is -0.363 e. The molecule has 2 aromatic heterocycles. The molecule has 0 saturated carbocycles. The average molecular weight is 263 g/mol. The van der Waals surface area contributed by atoms with Crippen molar-refractivity contribution in [3.05, 3.63) is 47.1 Å². The summed E-state index contributed by atoms with van der Waals surface area (Å²) in [4.78, 5) is 12.3. The molecule has 18 heavy (non-hydrogen) atoms. The van der Waals surface area contributed by atoms with E-state index in [1.165, 1.54) is 6.33 Å². The molecule has 1 unspecified atom stereocenters. The van der Waals surface area contributed by atoms with E-state index in [-0.39, 0.29) is 6.04 Å². The van der Waals surface area contributed by atoms with E-state index in [0.717, 1.165) is 23.4 Å². The molecule has 0 radical (unpaired) electrons. The van der Waals surface area contributed by atoms with Crippen LogP contribution in [0, 0.1) is 0 Å². The summed E-state index contributed by atoms with van der Waals surface area (Å²) in [5.74, 6) is 0.793. The van der Waals surface area contributed by atoms with Crippen LogP contribution in [0.5, 0.6) is 0 Å². The second kappa shape index (κ2) is 5.78. The van der Waals surface area contributed by atoms with Crippen LogP contribution in [0.1, 0.15) is 31.0 Å². The first-order valence-corrected chi connectivity index (χ1v) is 6.26. The van der Waals surface area contributed by atoms with Gasteiger partial charge in [-0.15, -0.1) is 0 Å². The molecule has 0 aliphatic carbocycles. The van der Waals surface area contributed by atoms with Crippen LogP contribution < -0.4 is 5.32 Å². The van der Waals surface area contributed by atoms with Gasteiger partial charge in [0, 0.05) is 18.0 Å². The minimum absolute atomic E-state index is 0.143. The number of rotatable bonds is 4. The van der Waals surface area contributed by atoms with Crippen LogP contribution in [-0.2, 0) is 6.42 Å². The smallest absolute Gasteiger partial charge is 0.137 e. The summed E-state index contributed by atoms with van der Waals surface area (Å²) in [5.41, 5.74) is 2.10. The fourth-order valence-corrected chi connectivity index (χ4v) is 2.04. The highest BCUT2D eigenvalue weighted by Gasteiger charge is 2.11. The number of halogens is 1. The Hall–Kier alpha value is -1.68. The van der Waals surface area contributed by atoms with Gasteiger partial charge >= 0.3 is 0 Å². The summed E-state index contributed by atoms with van der Waals surface area (Å²) in [6.07, 6.45) is 5.83. The number of nitrogens with one attached hydrogen (secondary N) is 1. The summed E-state index contributed by atoms with van der Waals surface area (Å²) in [6, 6.07) is 4.10. The molecular weight excluding hydrogens is 248 g/mol. The molecule has 5 heteroatoms. The van der Waals surface area contributed by atoms with E-state index in [9.17, 15) is 0 Å². The highest BCUT2D eigenvalue weighted by atomic mass is 35.5. The normalized spacial score (nSPS) is 12.2. The lowest BCUT2D eigenvalue weighted by Gasteiger charge is -2.17. The Balaban J connectivity index is 2.22. The molecule has 0 saturated heterocycles. The third-order valence-corrected chi connectivity index (χ3v) is 3.13. The summed E-state index contributed by atoms with van der Waals surface area (Å²) >= 11 is 6.06. The summed E-state index contributed by atoms with van der Waals surface area (Å²) in [6.45, 7) is 4.11. The first kappa shape index (κ1) is 12.8. The zero-order valence-electron chi connectivity index (χ0n) is 10.4. The standard InChI is InChI=1S/C13H15ClN4/c1-3-11-12(14)16-8-17-13(11)18-9(2)10-4-6-15-7-5-10/h4-9H,3H2,1-2H3,(H,16,17,18). The summed E-state index contributed by atoms with van der Waals surface area (Å²) < 4.78 is 0. The molecule has 0 spiro atoms. The van der Waals surface area contributed by atoms with Crippen LogP contribution >= 0.6 is 11.6 Å². The van der Waals surface area contributed by atoms with Gasteiger partial charge in [-0.05, 0) is 31.0 Å². The highest BCUT2D eigenvalue weighted by Crippen LogP contribution is 2.24. The first-order valence-electron chi connectivity index (χ1n) is 5.88. The lowest BCUT2D eigenvalue weighted by atomic mass is 10.1. The second-order valence-corrected chi connectivity index (χ2v) is 4.35. The summed E-state index contributed by atoms with van der Waals surface area (Å²) in [7, 11) is 0. The van der Waals surface area contributed by atoms with Crippen LogP contribution in [0.25, 0.3) is 0 Å². The Morgan fingerprint density at radius 1 is 1.28 bits per heavy atom. The Morgan fingerprint density at radius 2 is 2.00 bits per heavy atom. The van der Waals surface area contributed by atoms with E-state index >= 15 is 0 Å². The molecular formula is C13H15ClN4. The molecule has 0 fully saturated rings. The van der Waals surface area contributed by atoms with Gasteiger partial charge in [0.15, 0.2) is 0 Å². The fraction of sp³-hybridized carbons (Fsp3) is 0.308. The quantitative estimate of drug-likeness (QED) is 0.860. The SMILES string of the molecule is CCc1c(Cl)ncnc1NC(C)c1ccncc1. The maximum absolute atomic E-state index is 6.06. The molecule has 0 aliphatic rings. The Labute approximate surface area is 111 Å². The zero-order valence-corrected chi connectivity index (χ0v) is 11.1. The van der Waals surface area contributed by atoms with Gasteiger partial charge < -0.3 is 5.32 Å². The van der Waals surface area contributed by atoms with Crippen molar-refractivity contribution in [2.45, 2.75) is 26.3 Å². The van der Waals surface area contributed by atoms with Gasteiger partial charge in [-0.3, -0.25) is 4.98 Å². The third-order valence-electron chi connectivity index (χ3n) is 2.81. The van der Waals surface area contributed by atoms with Crippen molar-refractivity contribution in [3.8, 4) is 0 Å². The molecule has 1 atom stereocenters. The van der Waals surface area contributed by atoms with E-state index in [2.05, 4.69) is 27.2 Å². The van der Waals surface area contributed by atoms with Crippen LogP contribution in [0.15, 0.2) is 30.9 Å². The molecule has 4 nitrogen and oxygen atoms in total. The molecule has 2 aromatic rings. The van der Waals surface area contributed by atoms with Crippen LogP contribution in [-0.4, -0.2) is 15.0 Å². The van der Waals surface area contributed by atoms with Gasteiger partial charge in [0.1, 0.15) is 17.3 Å². The van der Waals surface area contributed by atoms with Crippen molar-refractivity contribution in [2.75, 3.05) is 5.32 Å². The van der Waals surface area contributed by atoms with E-state index in [4.69, 9.17) is 11.6 Å². The van der Waals surface area contributed by atoms with Gasteiger partial charge in [0.2, 0.25) is 0 Å². The maximum Gasteiger partial charge on any atom is 0.137 e. The predicted octanol–water partition coefficient (Wildman–Crippen LogP) is 3.26. The van der Waals surface area contributed by atoms with Crippen LogP contribution in [0.2, 0.25) is 5.15 Å². The number of anilines is 1. The lowest BCUT2D eigenvalue weighted by Crippen LogP contribution is -2.10. The van der Waals surface area contributed by atoms with Gasteiger partial charge in [-0.1, -0.05) is 18.5 Å². The van der Waals surface area contributed by atoms with Crippen molar-refractivity contribution < 1.29 is 0 Å². The molecule has 2 heterocycles. The highest BCUT2D eigenvalue weighted by molar-refractivity contribution is 6.30. The number of hydrogen-bond donors (Lipinski definition) is 1. The largest absolute Gasteiger partial charge is 0.363 e. The molecule has 0 bridgehead atoms. The molecule has 0 aliphatic heterocycles. The van der Waals surface area contributed by atoms with Gasteiger partial charge in [-0.2, -0.15) is 0 Å². The van der Waals surface area contributed by atoms with Crippen LogP contribution in [0.3, 0.4) is 0 Å². The van der Waals surface area contributed by atoms with E-state index in [1.54, 1.807) is 12.4 Å². The number of aromatic nitrogens is 3. The molecule has 0 aromatic carbocycles. The van der Waals surface area contributed by atoms with Crippen molar-refractivity contribution in [1.82, 2.24) is 15.0 Å². The first-order chi connectivity index (χ1) is 8.72. The average Bonchev–Trinajstić information content (AvgIpc) is 2.40. The number of pyridine rings is 1. The minimum atomic E-state index is 0.143. The Kier molecular flexibility index (Phi) is 4.10. The molecule has 1 N–H and O–H groups in total. The van der Waals surface area contributed by atoms with Crippen molar-refractivity contribution >= 4 is 17.4 Å². The lowest BCUT2D eigenvalue weighted by molar-refractivity contribution is 0.859. The van der Waals surface area contributed by atoms with Crippen molar-refractivity contribution in [3.63, 3.8) is 0 Å². The summed E-state index contributed by atoms with van der Waals surface area (Å²) in [5, 5.41) is 3.87. The van der Waals surface area contributed by atoms with E-state index < -0.39 is 0 Å².